The summed E-state index contributed by atoms with van der Waals surface area (Å²) in [6.07, 6.45) is 0.0860. The van der Waals surface area contributed by atoms with Crippen molar-refractivity contribution in [2.24, 2.45) is 0 Å². The molecular formula is C14H20O3. The minimum atomic E-state index is -0.332. The Morgan fingerprint density at radius 2 is 1.76 bits per heavy atom. The van der Waals surface area contributed by atoms with Crippen molar-refractivity contribution in [3.05, 3.63) is 29.3 Å². The third-order valence-electron chi connectivity index (χ3n) is 2.39. The topological polar surface area (TPSA) is 35.5 Å². The smallest absolute Gasteiger partial charge is 0.337 e. The quantitative estimate of drug-likeness (QED) is 0.752. The van der Waals surface area contributed by atoms with Crippen LogP contribution in [-0.4, -0.2) is 19.2 Å². The highest BCUT2D eigenvalue weighted by molar-refractivity contribution is 5.90. The van der Waals surface area contributed by atoms with E-state index in [2.05, 4.69) is 13.8 Å². The highest BCUT2D eigenvalue weighted by Crippen LogP contribution is 2.24. The van der Waals surface area contributed by atoms with Crippen LogP contribution in [0.1, 0.15) is 49.5 Å². The monoisotopic (exact) mass is 236 g/mol. The molecule has 0 N–H and O–H groups in total. The molecule has 0 aliphatic carbocycles. The van der Waals surface area contributed by atoms with Gasteiger partial charge in [-0.3, -0.25) is 0 Å². The molecule has 1 rings (SSSR count). The van der Waals surface area contributed by atoms with Gasteiger partial charge in [0.1, 0.15) is 5.75 Å². The maximum Gasteiger partial charge on any atom is 0.337 e. The summed E-state index contributed by atoms with van der Waals surface area (Å²) in [5.41, 5.74) is 1.61. The van der Waals surface area contributed by atoms with E-state index in [0.29, 0.717) is 17.2 Å². The minimum Gasteiger partial charge on any atom is -0.491 e. The lowest BCUT2D eigenvalue weighted by Crippen LogP contribution is -2.08. The van der Waals surface area contributed by atoms with Gasteiger partial charge in [-0.25, -0.2) is 4.79 Å². The lowest BCUT2D eigenvalue weighted by Gasteiger charge is -2.14. The van der Waals surface area contributed by atoms with Crippen LogP contribution in [0, 0.1) is 0 Å². The van der Waals surface area contributed by atoms with Crippen molar-refractivity contribution >= 4 is 5.97 Å². The molecule has 0 aromatic heterocycles. The highest BCUT2D eigenvalue weighted by atomic mass is 16.5. The first-order chi connectivity index (χ1) is 7.93. The van der Waals surface area contributed by atoms with Gasteiger partial charge in [-0.15, -0.1) is 0 Å². The molecule has 94 valence electrons. The Kier molecular flexibility index (Phi) is 4.55. The van der Waals surface area contributed by atoms with Crippen LogP contribution in [0.3, 0.4) is 0 Å². The fourth-order valence-electron chi connectivity index (χ4n) is 1.53. The van der Waals surface area contributed by atoms with Crippen LogP contribution in [0.15, 0.2) is 18.2 Å². The van der Waals surface area contributed by atoms with Gasteiger partial charge in [0.15, 0.2) is 0 Å². The summed E-state index contributed by atoms with van der Waals surface area (Å²) in [6.45, 7) is 8.07. The number of rotatable bonds is 4. The van der Waals surface area contributed by atoms with Gasteiger partial charge in [-0.2, -0.15) is 0 Å². The number of carbonyl (C=O) groups is 1. The number of hydrogen-bond acceptors (Lipinski definition) is 3. The molecule has 17 heavy (non-hydrogen) atoms. The maximum absolute atomic E-state index is 11.5. The number of ether oxygens (including phenoxy) is 2. The van der Waals surface area contributed by atoms with Crippen molar-refractivity contribution in [1.82, 2.24) is 0 Å². The predicted molar refractivity (Wildman–Crippen MR) is 67.6 cm³/mol. The van der Waals surface area contributed by atoms with Gasteiger partial charge in [0.25, 0.3) is 0 Å². The maximum atomic E-state index is 11.5. The van der Waals surface area contributed by atoms with E-state index in [1.807, 2.05) is 26.0 Å². The van der Waals surface area contributed by atoms with Gasteiger partial charge in [-0.05, 0) is 43.5 Å². The molecule has 0 radical (unpaired) electrons. The zero-order valence-corrected chi connectivity index (χ0v) is 11.1. The van der Waals surface area contributed by atoms with Gasteiger partial charge in [-0.1, -0.05) is 13.8 Å². The van der Waals surface area contributed by atoms with Gasteiger partial charge in [0.2, 0.25) is 0 Å². The second-order valence-corrected chi connectivity index (χ2v) is 4.60. The van der Waals surface area contributed by atoms with E-state index < -0.39 is 0 Å². The molecule has 0 unspecified atom stereocenters. The number of methoxy groups -OCH3 is 1. The Morgan fingerprint density at radius 1 is 1.12 bits per heavy atom. The second kappa shape index (κ2) is 5.71. The summed E-state index contributed by atoms with van der Waals surface area (Å²) >= 11 is 0. The van der Waals surface area contributed by atoms with E-state index in [1.165, 1.54) is 7.11 Å². The molecule has 0 saturated heterocycles. The van der Waals surface area contributed by atoms with Crippen molar-refractivity contribution in [3.8, 4) is 5.75 Å². The fraction of sp³-hybridized carbons (Fsp3) is 0.500. The Morgan fingerprint density at radius 3 is 2.24 bits per heavy atom. The molecule has 0 amide bonds. The molecule has 0 aliphatic heterocycles. The molecule has 3 heteroatoms. The van der Waals surface area contributed by atoms with E-state index in [9.17, 15) is 4.79 Å². The van der Waals surface area contributed by atoms with E-state index in [0.717, 1.165) is 5.56 Å². The van der Waals surface area contributed by atoms with Crippen molar-refractivity contribution in [2.75, 3.05) is 7.11 Å². The number of esters is 1. The van der Waals surface area contributed by atoms with E-state index >= 15 is 0 Å². The largest absolute Gasteiger partial charge is 0.491 e. The SMILES string of the molecule is COC(=O)c1cc(OC(C)C)cc(C(C)C)c1. The van der Waals surface area contributed by atoms with E-state index in [-0.39, 0.29) is 12.1 Å². The van der Waals surface area contributed by atoms with Crippen LogP contribution < -0.4 is 4.74 Å². The van der Waals surface area contributed by atoms with Crippen LogP contribution in [0.2, 0.25) is 0 Å². The molecule has 0 fully saturated rings. The lowest BCUT2D eigenvalue weighted by molar-refractivity contribution is 0.0600. The highest BCUT2D eigenvalue weighted by Gasteiger charge is 2.12. The minimum absolute atomic E-state index is 0.0860. The van der Waals surface area contributed by atoms with Crippen molar-refractivity contribution in [2.45, 2.75) is 39.7 Å². The first-order valence-corrected chi connectivity index (χ1v) is 5.84. The summed E-state index contributed by atoms with van der Waals surface area (Å²) in [4.78, 5) is 11.5. The van der Waals surface area contributed by atoms with Crippen LogP contribution in [0.4, 0.5) is 0 Å². The van der Waals surface area contributed by atoms with Gasteiger partial charge >= 0.3 is 5.97 Å². The summed E-state index contributed by atoms with van der Waals surface area (Å²) in [7, 11) is 1.38. The van der Waals surface area contributed by atoms with Crippen LogP contribution in [0.5, 0.6) is 5.75 Å². The Bertz CT molecular complexity index is 394. The average molecular weight is 236 g/mol. The average Bonchev–Trinajstić information content (AvgIpc) is 2.26. The molecule has 0 atom stereocenters. The van der Waals surface area contributed by atoms with E-state index in [1.54, 1.807) is 6.07 Å². The lowest BCUT2D eigenvalue weighted by atomic mass is 10.0. The zero-order chi connectivity index (χ0) is 13.0. The molecule has 0 heterocycles. The van der Waals surface area contributed by atoms with Gasteiger partial charge in [0.05, 0.1) is 18.8 Å². The van der Waals surface area contributed by atoms with Crippen LogP contribution in [-0.2, 0) is 4.74 Å². The van der Waals surface area contributed by atoms with Crippen molar-refractivity contribution in [3.63, 3.8) is 0 Å². The summed E-state index contributed by atoms with van der Waals surface area (Å²) in [5, 5.41) is 0. The van der Waals surface area contributed by atoms with Gasteiger partial charge in [0, 0.05) is 0 Å². The molecular weight excluding hydrogens is 216 g/mol. The molecule has 0 saturated carbocycles. The second-order valence-electron chi connectivity index (χ2n) is 4.60. The first kappa shape index (κ1) is 13.6. The zero-order valence-electron chi connectivity index (χ0n) is 11.1. The van der Waals surface area contributed by atoms with Crippen molar-refractivity contribution in [1.29, 1.82) is 0 Å². The molecule has 0 aliphatic rings. The number of carbonyl (C=O) groups excluding carboxylic acids is 1. The molecule has 1 aromatic carbocycles. The third-order valence-corrected chi connectivity index (χ3v) is 2.39. The number of hydrogen-bond donors (Lipinski definition) is 0. The fourth-order valence-corrected chi connectivity index (χ4v) is 1.53. The number of benzene rings is 1. The Balaban J connectivity index is 3.14. The molecule has 0 bridgehead atoms. The summed E-state index contributed by atoms with van der Waals surface area (Å²) < 4.78 is 10.4. The van der Waals surface area contributed by atoms with E-state index in [4.69, 9.17) is 9.47 Å². The molecule has 0 spiro atoms. The van der Waals surface area contributed by atoms with Crippen LogP contribution in [0.25, 0.3) is 0 Å². The van der Waals surface area contributed by atoms with Crippen molar-refractivity contribution < 1.29 is 14.3 Å². The third kappa shape index (κ3) is 3.77. The molecule has 3 nitrogen and oxygen atoms in total. The van der Waals surface area contributed by atoms with Crippen LogP contribution >= 0.6 is 0 Å². The first-order valence-electron chi connectivity index (χ1n) is 5.84. The summed E-state index contributed by atoms with van der Waals surface area (Å²) in [6, 6.07) is 5.54. The standard InChI is InChI=1S/C14H20O3/c1-9(2)11-6-12(14(15)16-5)8-13(7-11)17-10(3)4/h6-10H,1-5H3. The molecule has 1 aromatic rings. The van der Waals surface area contributed by atoms with Gasteiger partial charge < -0.3 is 9.47 Å². The Hall–Kier alpha value is -1.51. The normalized spacial score (nSPS) is 10.8. The summed E-state index contributed by atoms with van der Waals surface area (Å²) in [5.74, 6) is 0.724. The Labute approximate surface area is 103 Å². The predicted octanol–water partition coefficient (Wildman–Crippen LogP) is 3.38.